The molecule has 2 heterocycles. The van der Waals surface area contributed by atoms with Crippen molar-refractivity contribution in [2.24, 2.45) is 0 Å². The topological polar surface area (TPSA) is 116 Å². The number of benzene rings is 2. The Morgan fingerprint density at radius 1 is 1.12 bits per heavy atom. The number of hydrogen-bond donors (Lipinski definition) is 4. The highest BCUT2D eigenvalue weighted by atomic mass is 16.5. The molecule has 0 atom stereocenters. The van der Waals surface area contributed by atoms with E-state index in [4.69, 9.17) is 4.74 Å². The van der Waals surface area contributed by atoms with Gasteiger partial charge in [-0.3, -0.25) is 4.79 Å². The first-order valence-corrected chi connectivity index (χ1v) is 10.6. The Bertz CT molecular complexity index is 1150. The van der Waals surface area contributed by atoms with Crippen LogP contribution in [0.5, 0.6) is 11.5 Å². The van der Waals surface area contributed by atoms with E-state index in [9.17, 15) is 14.7 Å². The van der Waals surface area contributed by atoms with Crippen LogP contribution in [0.25, 0.3) is 22.5 Å². The summed E-state index contributed by atoms with van der Waals surface area (Å²) in [5, 5.41) is 16.0. The molecule has 1 amide bonds. The highest BCUT2D eigenvalue weighted by Crippen LogP contribution is 2.26. The predicted molar refractivity (Wildman–Crippen MR) is 122 cm³/mol. The van der Waals surface area contributed by atoms with Gasteiger partial charge in [-0.05, 0) is 92.5 Å². The van der Waals surface area contributed by atoms with Crippen LogP contribution in [-0.4, -0.2) is 46.7 Å². The summed E-state index contributed by atoms with van der Waals surface area (Å²) in [6, 6.07) is 14.2. The Morgan fingerprint density at radius 2 is 1.84 bits per heavy atom. The number of nitrogens with zero attached hydrogens (tertiary/aromatic N) is 1. The van der Waals surface area contributed by atoms with Crippen molar-refractivity contribution in [3.8, 4) is 34.0 Å². The molecule has 0 bridgehead atoms. The summed E-state index contributed by atoms with van der Waals surface area (Å²) in [7, 11) is 0. The first kappa shape index (κ1) is 21.6. The van der Waals surface area contributed by atoms with Gasteiger partial charge in [0.15, 0.2) is 6.61 Å². The van der Waals surface area contributed by atoms with Crippen LogP contribution in [0.4, 0.5) is 0 Å². The summed E-state index contributed by atoms with van der Waals surface area (Å²) in [6.45, 7) is 3.58. The third kappa shape index (κ3) is 5.33. The Labute approximate surface area is 185 Å². The molecule has 0 spiro atoms. The highest BCUT2D eigenvalue weighted by Gasteiger charge is 2.15. The molecule has 32 heavy (non-hydrogen) atoms. The van der Waals surface area contributed by atoms with E-state index in [1.165, 1.54) is 0 Å². The van der Waals surface area contributed by atoms with Gasteiger partial charge in [0.1, 0.15) is 11.5 Å². The van der Waals surface area contributed by atoms with Gasteiger partial charge in [-0.25, -0.2) is 4.79 Å². The first-order chi connectivity index (χ1) is 15.5. The zero-order chi connectivity index (χ0) is 22.5. The quantitative estimate of drug-likeness (QED) is 0.473. The number of aromatic nitrogens is 2. The molecule has 2 aromatic carbocycles. The molecule has 166 valence electrons. The number of aromatic amines is 1. The number of amides is 1. The van der Waals surface area contributed by atoms with Crippen molar-refractivity contribution in [3.05, 3.63) is 64.6 Å². The van der Waals surface area contributed by atoms with Gasteiger partial charge in [0.05, 0.1) is 11.4 Å². The Balaban J connectivity index is 1.43. The Kier molecular flexibility index (Phi) is 6.51. The van der Waals surface area contributed by atoms with E-state index in [-0.39, 0.29) is 24.3 Å². The average molecular weight is 434 g/mol. The van der Waals surface area contributed by atoms with Crippen molar-refractivity contribution in [1.29, 1.82) is 0 Å². The molecule has 1 aliphatic heterocycles. The number of H-pyrrole nitrogens is 1. The summed E-state index contributed by atoms with van der Waals surface area (Å²) >= 11 is 0. The van der Waals surface area contributed by atoms with Crippen molar-refractivity contribution in [1.82, 2.24) is 20.6 Å². The van der Waals surface area contributed by atoms with Crippen molar-refractivity contribution < 1.29 is 14.6 Å². The minimum absolute atomic E-state index is 0.0419. The van der Waals surface area contributed by atoms with E-state index in [0.29, 0.717) is 22.7 Å². The summed E-state index contributed by atoms with van der Waals surface area (Å²) in [6.07, 6.45) is 1.85. The molecule has 4 rings (SSSR count). The van der Waals surface area contributed by atoms with Crippen molar-refractivity contribution >= 4 is 5.91 Å². The molecule has 1 fully saturated rings. The number of aromatic hydroxyl groups is 1. The van der Waals surface area contributed by atoms with Crippen LogP contribution in [0, 0.1) is 6.92 Å². The zero-order valence-corrected chi connectivity index (χ0v) is 17.9. The number of nitrogens with one attached hydrogen (secondary N) is 3. The number of ether oxygens (including phenoxy) is 1. The van der Waals surface area contributed by atoms with Crippen molar-refractivity contribution in [3.63, 3.8) is 0 Å². The summed E-state index contributed by atoms with van der Waals surface area (Å²) in [5.41, 5.74) is 2.90. The summed E-state index contributed by atoms with van der Waals surface area (Å²) < 4.78 is 5.61. The van der Waals surface area contributed by atoms with Gasteiger partial charge in [-0.2, -0.15) is 4.98 Å². The van der Waals surface area contributed by atoms with Gasteiger partial charge in [0.2, 0.25) is 0 Å². The van der Waals surface area contributed by atoms with Crippen LogP contribution >= 0.6 is 0 Å². The minimum Gasteiger partial charge on any atom is -0.508 e. The molecular weight excluding hydrogens is 408 g/mol. The van der Waals surface area contributed by atoms with Gasteiger partial charge in [0.25, 0.3) is 5.91 Å². The predicted octanol–water partition coefficient (Wildman–Crippen LogP) is 2.36. The molecule has 0 radical (unpaired) electrons. The second kappa shape index (κ2) is 9.65. The Hall–Kier alpha value is -3.65. The zero-order valence-electron chi connectivity index (χ0n) is 17.9. The third-order valence-electron chi connectivity index (χ3n) is 5.48. The molecule has 8 heteroatoms. The summed E-state index contributed by atoms with van der Waals surface area (Å²) in [5.74, 6) is 0.632. The maximum absolute atomic E-state index is 12.1. The lowest BCUT2D eigenvalue weighted by Gasteiger charge is -2.23. The normalized spacial score (nSPS) is 14.2. The van der Waals surface area contributed by atoms with Crippen LogP contribution in [-0.2, 0) is 4.79 Å². The maximum atomic E-state index is 12.1. The van der Waals surface area contributed by atoms with E-state index >= 15 is 0 Å². The second-order valence-electron chi connectivity index (χ2n) is 7.89. The standard InChI is InChI=1S/C24H26N4O4/c1-15-12-17(4-7-22(15)29)21-13-20(27-24(31)28-21)16-2-5-19(6-3-16)32-14-23(30)26-18-8-10-25-11-9-18/h2-7,12-13,18,25,29H,8-11,14H2,1H3,(H,26,30)(H,27,28,31). The van der Waals surface area contributed by atoms with Crippen LogP contribution in [0.15, 0.2) is 53.3 Å². The third-order valence-corrected chi connectivity index (χ3v) is 5.48. The molecular formula is C24H26N4O4. The number of carbonyl (C=O) groups excluding carboxylic acids is 1. The molecule has 1 aromatic heterocycles. The maximum Gasteiger partial charge on any atom is 0.345 e. The molecule has 1 saturated heterocycles. The van der Waals surface area contributed by atoms with Crippen molar-refractivity contribution in [2.75, 3.05) is 19.7 Å². The number of piperidine rings is 1. The van der Waals surface area contributed by atoms with Gasteiger partial charge >= 0.3 is 5.69 Å². The number of carbonyl (C=O) groups is 1. The number of hydrogen-bond acceptors (Lipinski definition) is 6. The smallest absolute Gasteiger partial charge is 0.345 e. The fourth-order valence-electron chi connectivity index (χ4n) is 3.69. The van der Waals surface area contributed by atoms with Crippen LogP contribution in [0.3, 0.4) is 0 Å². The Morgan fingerprint density at radius 3 is 2.56 bits per heavy atom. The molecule has 1 aliphatic rings. The highest BCUT2D eigenvalue weighted by molar-refractivity contribution is 5.78. The van der Waals surface area contributed by atoms with Crippen molar-refractivity contribution in [2.45, 2.75) is 25.8 Å². The van der Waals surface area contributed by atoms with E-state index in [0.717, 1.165) is 37.1 Å². The second-order valence-corrected chi connectivity index (χ2v) is 7.89. The lowest BCUT2D eigenvalue weighted by atomic mass is 10.1. The van der Waals surface area contributed by atoms with E-state index < -0.39 is 5.69 Å². The molecule has 4 N–H and O–H groups in total. The monoisotopic (exact) mass is 434 g/mol. The molecule has 3 aromatic rings. The lowest BCUT2D eigenvalue weighted by molar-refractivity contribution is -0.123. The fraction of sp³-hybridized carbons (Fsp3) is 0.292. The lowest BCUT2D eigenvalue weighted by Crippen LogP contribution is -2.44. The first-order valence-electron chi connectivity index (χ1n) is 10.6. The van der Waals surface area contributed by atoms with Gasteiger partial charge in [-0.1, -0.05) is 0 Å². The fourth-order valence-corrected chi connectivity index (χ4v) is 3.69. The van der Waals surface area contributed by atoms with Crippen LogP contribution in [0.1, 0.15) is 18.4 Å². The number of aryl methyl sites for hydroxylation is 1. The van der Waals surface area contributed by atoms with Crippen LogP contribution in [0.2, 0.25) is 0 Å². The molecule has 0 unspecified atom stereocenters. The number of phenolic OH excluding ortho intramolecular Hbond substituents is 1. The summed E-state index contributed by atoms with van der Waals surface area (Å²) in [4.78, 5) is 31.0. The van der Waals surface area contributed by atoms with E-state index in [1.807, 2.05) is 12.1 Å². The average Bonchev–Trinajstić information content (AvgIpc) is 2.80. The van der Waals surface area contributed by atoms with Gasteiger partial charge in [0, 0.05) is 11.6 Å². The number of phenols is 1. The molecule has 0 saturated carbocycles. The number of rotatable bonds is 6. The largest absolute Gasteiger partial charge is 0.508 e. The molecule has 0 aliphatic carbocycles. The minimum atomic E-state index is -0.460. The SMILES string of the molecule is Cc1cc(-c2cc(-c3ccc(OCC(=O)NC4CCNCC4)cc3)[nH]c(=O)n2)ccc1O. The van der Waals surface area contributed by atoms with Gasteiger partial charge in [-0.15, -0.1) is 0 Å². The van der Waals surface area contributed by atoms with E-state index in [1.54, 1.807) is 43.3 Å². The molecule has 8 nitrogen and oxygen atoms in total. The van der Waals surface area contributed by atoms with E-state index in [2.05, 4.69) is 20.6 Å². The van der Waals surface area contributed by atoms with Crippen LogP contribution < -0.4 is 21.1 Å². The van der Waals surface area contributed by atoms with Gasteiger partial charge < -0.3 is 25.5 Å².